The van der Waals surface area contributed by atoms with Crippen molar-refractivity contribution in [3.8, 4) is 6.01 Å². The fraction of sp³-hybridized carbons (Fsp3) is 0.500. The summed E-state index contributed by atoms with van der Waals surface area (Å²) in [5, 5.41) is 0.933. The first-order valence-electron chi connectivity index (χ1n) is 5.22. The molecule has 106 valence electrons. The van der Waals surface area contributed by atoms with Gasteiger partial charge in [-0.05, 0) is 12.2 Å². The van der Waals surface area contributed by atoms with Crippen molar-refractivity contribution < 1.29 is 19.2 Å². The molecule has 0 aromatic carbocycles. The van der Waals surface area contributed by atoms with Crippen molar-refractivity contribution in [3.63, 3.8) is 0 Å². The second-order valence-electron chi connectivity index (χ2n) is 3.61. The Kier molecular flexibility index (Phi) is 5.28. The van der Waals surface area contributed by atoms with Gasteiger partial charge in [0.2, 0.25) is 0 Å². The first-order chi connectivity index (χ1) is 8.90. The quantitative estimate of drug-likeness (QED) is 0.776. The van der Waals surface area contributed by atoms with Crippen LogP contribution in [0.25, 0.3) is 0 Å². The molecule has 1 aromatic heterocycles. The standard InChI is InChI=1S/C10H15ClN4O4/c1-6-7(11)8(14(2)3)13-9(12-6)19-10(16)15(17-4)18-5/h1-5H3. The van der Waals surface area contributed by atoms with Crippen LogP contribution in [0.4, 0.5) is 10.6 Å². The van der Waals surface area contributed by atoms with Crippen molar-refractivity contribution in [2.24, 2.45) is 0 Å². The Balaban J connectivity index is 2.99. The number of amides is 1. The van der Waals surface area contributed by atoms with Crippen LogP contribution in [0.1, 0.15) is 5.69 Å². The number of halogens is 1. The fourth-order valence-electron chi connectivity index (χ4n) is 1.20. The van der Waals surface area contributed by atoms with E-state index in [0.717, 1.165) is 0 Å². The highest BCUT2D eigenvalue weighted by Crippen LogP contribution is 2.26. The van der Waals surface area contributed by atoms with Crippen molar-refractivity contribution in [2.75, 3.05) is 33.2 Å². The van der Waals surface area contributed by atoms with E-state index in [4.69, 9.17) is 16.3 Å². The average Bonchev–Trinajstić information content (AvgIpc) is 2.34. The van der Waals surface area contributed by atoms with Crippen LogP contribution in [0.5, 0.6) is 6.01 Å². The van der Waals surface area contributed by atoms with E-state index in [9.17, 15) is 4.79 Å². The van der Waals surface area contributed by atoms with Gasteiger partial charge >= 0.3 is 12.1 Å². The summed E-state index contributed by atoms with van der Waals surface area (Å²) in [6.07, 6.45) is -0.906. The molecule has 0 N–H and O–H groups in total. The van der Waals surface area contributed by atoms with Gasteiger partial charge in [0.25, 0.3) is 0 Å². The second-order valence-corrected chi connectivity index (χ2v) is 3.99. The molecular formula is C10H15ClN4O4. The molecule has 0 saturated heterocycles. The van der Waals surface area contributed by atoms with E-state index in [-0.39, 0.29) is 6.01 Å². The highest BCUT2D eigenvalue weighted by molar-refractivity contribution is 6.33. The number of aryl methyl sites for hydroxylation is 1. The number of aromatic nitrogens is 2. The maximum Gasteiger partial charge on any atom is 0.467 e. The van der Waals surface area contributed by atoms with Gasteiger partial charge < -0.3 is 9.64 Å². The zero-order valence-electron chi connectivity index (χ0n) is 11.3. The highest BCUT2D eigenvalue weighted by Gasteiger charge is 2.19. The van der Waals surface area contributed by atoms with E-state index in [2.05, 4.69) is 19.6 Å². The molecule has 8 nitrogen and oxygen atoms in total. The molecule has 0 bridgehead atoms. The number of hydrogen-bond donors (Lipinski definition) is 0. The third-order valence-electron chi connectivity index (χ3n) is 2.06. The van der Waals surface area contributed by atoms with Crippen LogP contribution < -0.4 is 9.64 Å². The van der Waals surface area contributed by atoms with E-state index < -0.39 is 6.09 Å². The molecule has 1 heterocycles. The van der Waals surface area contributed by atoms with Crippen LogP contribution in [0.3, 0.4) is 0 Å². The summed E-state index contributed by atoms with van der Waals surface area (Å²) in [5.74, 6) is 0.443. The number of ether oxygens (including phenoxy) is 1. The zero-order valence-corrected chi connectivity index (χ0v) is 12.1. The lowest BCUT2D eigenvalue weighted by Gasteiger charge is -2.17. The van der Waals surface area contributed by atoms with E-state index in [1.54, 1.807) is 25.9 Å². The number of hydroxylamine groups is 2. The van der Waals surface area contributed by atoms with Gasteiger partial charge in [0.1, 0.15) is 5.02 Å². The topological polar surface area (TPSA) is 77.0 Å². The van der Waals surface area contributed by atoms with Crippen LogP contribution in [0.15, 0.2) is 0 Å². The Hall–Kier alpha value is -1.64. The van der Waals surface area contributed by atoms with Gasteiger partial charge in [0.05, 0.1) is 19.9 Å². The van der Waals surface area contributed by atoms with Crippen molar-refractivity contribution >= 4 is 23.5 Å². The molecule has 1 rings (SSSR count). The minimum absolute atomic E-state index is 0.144. The first-order valence-corrected chi connectivity index (χ1v) is 5.60. The first kappa shape index (κ1) is 15.4. The van der Waals surface area contributed by atoms with Crippen molar-refractivity contribution in [1.82, 2.24) is 15.2 Å². The molecule has 0 fully saturated rings. The highest BCUT2D eigenvalue weighted by atomic mass is 35.5. The second kappa shape index (κ2) is 6.50. The van der Waals surface area contributed by atoms with Gasteiger partial charge in [-0.2, -0.15) is 9.97 Å². The largest absolute Gasteiger partial charge is 0.467 e. The summed E-state index contributed by atoms with van der Waals surface area (Å²) >= 11 is 6.05. The van der Waals surface area contributed by atoms with Crippen LogP contribution in [-0.2, 0) is 9.68 Å². The Morgan fingerprint density at radius 2 is 1.79 bits per heavy atom. The summed E-state index contributed by atoms with van der Waals surface area (Å²) in [6.45, 7) is 1.68. The number of carbonyl (C=O) groups is 1. The van der Waals surface area contributed by atoms with Crippen molar-refractivity contribution in [1.29, 1.82) is 0 Å². The molecule has 19 heavy (non-hydrogen) atoms. The molecule has 9 heteroatoms. The van der Waals surface area contributed by atoms with Gasteiger partial charge in [0.15, 0.2) is 5.82 Å². The third-order valence-corrected chi connectivity index (χ3v) is 2.50. The van der Waals surface area contributed by atoms with Crippen LogP contribution in [0, 0.1) is 6.92 Å². The fourth-order valence-corrected chi connectivity index (χ4v) is 1.45. The molecule has 0 radical (unpaired) electrons. The lowest BCUT2D eigenvalue weighted by molar-refractivity contribution is -0.305. The summed E-state index contributed by atoms with van der Waals surface area (Å²) in [4.78, 5) is 30.5. The molecule has 1 aromatic rings. The van der Waals surface area contributed by atoms with E-state index in [1.807, 2.05) is 0 Å². The summed E-state index contributed by atoms with van der Waals surface area (Å²) < 4.78 is 4.91. The smallest absolute Gasteiger partial charge is 0.371 e. The van der Waals surface area contributed by atoms with Gasteiger partial charge in [-0.25, -0.2) is 14.5 Å². The average molecular weight is 291 g/mol. The summed E-state index contributed by atoms with van der Waals surface area (Å²) in [7, 11) is 6.03. The summed E-state index contributed by atoms with van der Waals surface area (Å²) in [6, 6.07) is -0.144. The number of hydrogen-bond acceptors (Lipinski definition) is 7. The molecule has 0 aliphatic rings. The van der Waals surface area contributed by atoms with Crippen molar-refractivity contribution in [3.05, 3.63) is 10.7 Å². The van der Waals surface area contributed by atoms with E-state index in [1.165, 1.54) is 14.2 Å². The Bertz CT molecular complexity index is 465. The minimum Gasteiger partial charge on any atom is -0.371 e. The number of anilines is 1. The predicted octanol–water partition coefficient (Wildman–Crippen LogP) is 1.43. The van der Waals surface area contributed by atoms with E-state index in [0.29, 0.717) is 21.8 Å². The zero-order chi connectivity index (χ0) is 14.6. The van der Waals surface area contributed by atoms with Crippen molar-refractivity contribution in [2.45, 2.75) is 6.92 Å². The van der Waals surface area contributed by atoms with Crippen LogP contribution >= 0.6 is 11.6 Å². The Labute approximate surface area is 115 Å². The molecule has 0 spiro atoms. The minimum atomic E-state index is -0.906. The SMILES string of the molecule is CON(OC)C(=O)Oc1nc(C)c(Cl)c(N(C)C)n1. The molecule has 0 unspecified atom stereocenters. The Morgan fingerprint density at radius 1 is 1.21 bits per heavy atom. The number of rotatable bonds is 4. The van der Waals surface area contributed by atoms with E-state index >= 15 is 0 Å². The summed E-state index contributed by atoms with van der Waals surface area (Å²) in [5.41, 5.74) is 0.490. The maximum atomic E-state index is 11.6. The molecule has 0 atom stereocenters. The maximum absolute atomic E-state index is 11.6. The normalized spacial score (nSPS) is 10.2. The van der Waals surface area contributed by atoms with Gasteiger partial charge in [-0.15, -0.1) is 0 Å². The number of carbonyl (C=O) groups excluding carboxylic acids is 1. The predicted molar refractivity (Wildman–Crippen MR) is 68.0 cm³/mol. The molecule has 0 saturated carbocycles. The molecule has 0 aliphatic heterocycles. The lowest BCUT2D eigenvalue weighted by Crippen LogP contribution is -2.32. The van der Waals surface area contributed by atoms with Gasteiger partial charge in [-0.1, -0.05) is 11.6 Å². The number of nitrogens with zero attached hydrogens (tertiary/aromatic N) is 4. The lowest BCUT2D eigenvalue weighted by atomic mass is 10.4. The molecule has 1 amide bonds. The van der Waals surface area contributed by atoms with Gasteiger partial charge in [-0.3, -0.25) is 0 Å². The Morgan fingerprint density at radius 3 is 2.26 bits per heavy atom. The molecule has 0 aliphatic carbocycles. The third kappa shape index (κ3) is 3.66. The van der Waals surface area contributed by atoms with Gasteiger partial charge in [0, 0.05) is 14.1 Å². The molecular weight excluding hydrogens is 276 g/mol. The van der Waals surface area contributed by atoms with Crippen LogP contribution in [0.2, 0.25) is 5.02 Å². The van der Waals surface area contributed by atoms with Crippen LogP contribution in [-0.4, -0.2) is 49.6 Å². The monoisotopic (exact) mass is 290 g/mol.